The van der Waals surface area contributed by atoms with Crippen LogP contribution < -0.4 is 0 Å². The molecule has 1 unspecified atom stereocenters. The van der Waals surface area contributed by atoms with Gasteiger partial charge in [0.25, 0.3) is 12.1 Å². The van der Waals surface area contributed by atoms with Gasteiger partial charge in [0.05, 0.1) is 6.54 Å². The lowest BCUT2D eigenvalue weighted by Gasteiger charge is -2.26. The van der Waals surface area contributed by atoms with E-state index in [-0.39, 0.29) is 6.54 Å². The first-order chi connectivity index (χ1) is 6.11. The third-order valence-corrected chi connectivity index (χ3v) is 1.68. The van der Waals surface area contributed by atoms with E-state index >= 15 is 0 Å². The molecule has 0 bridgehead atoms. The minimum absolute atomic E-state index is 0.125. The average molecular weight is 223 g/mol. The van der Waals surface area contributed by atoms with Crippen molar-refractivity contribution >= 4 is 0 Å². The standard InChI is InChI=1S/C7H11F6N/c1-3-14(2)4-6(9,10)5(8)7(11,12)13/h5H,3-4H2,1-2H3. The minimum Gasteiger partial charge on any atom is -0.301 e. The van der Waals surface area contributed by atoms with Crippen molar-refractivity contribution in [3.63, 3.8) is 0 Å². The summed E-state index contributed by atoms with van der Waals surface area (Å²) in [7, 11) is 1.19. The van der Waals surface area contributed by atoms with Crippen LogP contribution in [0.25, 0.3) is 0 Å². The summed E-state index contributed by atoms with van der Waals surface area (Å²) in [6.45, 7) is 0.362. The summed E-state index contributed by atoms with van der Waals surface area (Å²) in [6.07, 6.45) is -9.62. The van der Waals surface area contributed by atoms with Gasteiger partial charge in [0.2, 0.25) is 0 Å². The third kappa shape index (κ3) is 3.73. The lowest BCUT2D eigenvalue weighted by Crippen LogP contribution is -2.48. The molecule has 0 aromatic heterocycles. The summed E-state index contributed by atoms with van der Waals surface area (Å²) in [5.41, 5.74) is 0. The number of rotatable bonds is 4. The van der Waals surface area contributed by atoms with Crippen LogP contribution >= 0.6 is 0 Å². The highest BCUT2D eigenvalue weighted by Crippen LogP contribution is 2.35. The van der Waals surface area contributed by atoms with Crippen LogP contribution in [0.4, 0.5) is 26.3 Å². The van der Waals surface area contributed by atoms with Gasteiger partial charge >= 0.3 is 6.18 Å². The van der Waals surface area contributed by atoms with Crippen molar-refractivity contribution in [2.45, 2.75) is 25.2 Å². The van der Waals surface area contributed by atoms with Gasteiger partial charge in [0.15, 0.2) is 0 Å². The van der Waals surface area contributed by atoms with E-state index in [4.69, 9.17) is 0 Å². The lowest BCUT2D eigenvalue weighted by molar-refractivity contribution is -0.246. The number of alkyl halides is 6. The maximum Gasteiger partial charge on any atom is 0.425 e. The molecule has 0 amide bonds. The maximum absolute atomic E-state index is 12.6. The van der Waals surface area contributed by atoms with Crippen molar-refractivity contribution in [1.82, 2.24) is 4.90 Å². The van der Waals surface area contributed by atoms with Gasteiger partial charge in [-0.1, -0.05) is 6.92 Å². The molecule has 0 saturated carbocycles. The van der Waals surface area contributed by atoms with E-state index < -0.39 is 24.8 Å². The molecule has 0 aliphatic carbocycles. The van der Waals surface area contributed by atoms with Crippen LogP contribution in [0.3, 0.4) is 0 Å². The fraction of sp³-hybridized carbons (Fsp3) is 1.00. The molecular formula is C7H11F6N. The van der Waals surface area contributed by atoms with Crippen molar-refractivity contribution < 1.29 is 26.3 Å². The Morgan fingerprint density at radius 2 is 1.57 bits per heavy atom. The van der Waals surface area contributed by atoms with Gasteiger partial charge in [0.1, 0.15) is 0 Å². The molecule has 0 heterocycles. The van der Waals surface area contributed by atoms with Gasteiger partial charge in [-0.3, -0.25) is 0 Å². The van der Waals surface area contributed by atoms with Crippen LogP contribution in [0.1, 0.15) is 6.92 Å². The topological polar surface area (TPSA) is 3.24 Å². The Labute approximate surface area is 77.7 Å². The second kappa shape index (κ2) is 4.37. The molecule has 1 nitrogen and oxygen atoms in total. The molecule has 0 rings (SSSR count). The second-order valence-electron chi connectivity index (χ2n) is 3.00. The lowest BCUT2D eigenvalue weighted by atomic mass is 10.2. The van der Waals surface area contributed by atoms with E-state index in [0.29, 0.717) is 0 Å². The normalized spacial score (nSPS) is 16.1. The van der Waals surface area contributed by atoms with E-state index in [1.165, 1.54) is 14.0 Å². The molecular weight excluding hydrogens is 212 g/mol. The van der Waals surface area contributed by atoms with Crippen LogP contribution in [0.15, 0.2) is 0 Å². The highest BCUT2D eigenvalue weighted by atomic mass is 19.4. The Morgan fingerprint density at radius 3 is 1.86 bits per heavy atom. The molecule has 14 heavy (non-hydrogen) atoms. The monoisotopic (exact) mass is 223 g/mol. The van der Waals surface area contributed by atoms with Crippen molar-refractivity contribution in [3.8, 4) is 0 Å². The molecule has 0 fully saturated rings. The zero-order chi connectivity index (χ0) is 11.6. The first-order valence-corrected chi connectivity index (χ1v) is 3.88. The van der Waals surface area contributed by atoms with Gasteiger partial charge in [-0.05, 0) is 13.6 Å². The number of hydrogen-bond acceptors (Lipinski definition) is 1. The molecule has 0 aromatic carbocycles. The van der Waals surface area contributed by atoms with E-state index in [1.807, 2.05) is 0 Å². The summed E-state index contributed by atoms with van der Waals surface area (Å²) >= 11 is 0. The van der Waals surface area contributed by atoms with E-state index in [9.17, 15) is 26.3 Å². The van der Waals surface area contributed by atoms with Crippen molar-refractivity contribution in [1.29, 1.82) is 0 Å². The molecule has 1 atom stereocenters. The van der Waals surface area contributed by atoms with Crippen LogP contribution in [-0.4, -0.2) is 43.3 Å². The largest absolute Gasteiger partial charge is 0.425 e. The molecule has 0 saturated heterocycles. The zero-order valence-corrected chi connectivity index (χ0v) is 7.71. The summed E-state index contributed by atoms with van der Waals surface area (Å²) in [5, 5.41) is 0. The van der Waals surface area contributed by atoms with Gasteiger partial charge in [0, 0.05) is 0 Å². The van der Waals surface area contributed by atoms with Gasteiger partial charge in [-0.25, -0.2) is 13.2 Å². The SMILES string of the molecule is CCN(C)CC(F)(F)C(F)C(F)(F)F. The van der Waals surface area contributed by atoms with Crippen molar-refractivity contribution in [3.05, 3.63) is 0 Å². The molecule has 0 aliphatic rings. The Hall–Kier alpha value is -0.460. The molecule has 0 aliphatic heterocycles. The highest BCUT2D eigenvalue weighted by Gasteiger charge is 2.56. The van der Waals surface area contributed by atoms with Gasteiger partial charge in [-0.15, -0.1) is 0 Å². The van der Waals surface area contributed by atoms with Crippen molar-refractivity contribution in [2.75, 3.05) is 20.1 Å². The summed E-state index contributed by atoms with van der Waals surface area (Å²) in [5.74, 6) is -4.40. The Kier molecular flexibility index (Phi) is 4.23. The first kappa shape index (κ1) is 13.5. The molecule has 7 heteroatoms. The average Bonchev–Trinajstić information content (AvgIpc) is 2.00. The summed E-state index contributed by atoms with van der Waals surface area (Å²) in [6, 6.07) is 0. The fourth-order valence-corrected chi connectivity index (χ4v) is 0.791. The van der Waals surface area contributed by atoms with Crippen LogP contribution in [-0.2, 0) is 0 Å². The van der Waals surface area contributed by atoms with E-state index in [0.717, 1.165) is 4.90 Å². The first-order valence-electron chi connectivity index (χ1n) is 3.88. The number of halogens is 6. The molecule has 86 valence electrons. The van der Waals surface area contributed by atoms with E-state index in [1.54, 1.807) is 0 Å². The Balaban J connectivity index is 4.45. The van der Waals surface area contributed by atoms with E-state index in [2.05, 4.69) is 0 Å². The molecule has 0 radical (unpaired) electrons. The fourth-order valence-electron chi connectivity index (χ4n) is 0.791. The quantitative estimate of drug-likeness (QED) is 0.662. The number of hydrogen-bond donors (Lipinski definition) is 0. The molecule has 0 spiro atoms. The maximum atomic E-state index is 12.6. The van der Waals surface area contributed by atoms with Crippen molar-refractivity contribution in [2.24, 2.45) is 0 Å². The smallest absolute Gasteiger partial charge is 0.301 e. The molecule has 0 aromatic rings. The number of nitrogens with zero attached hydrogens (tertiary/aromatic N) is 1. The second-order valence-corrected chi connectivity index (χ2v) is 3.00. The Bertz CT molecular complexity index is 178. The summed E-state index contributed by atoms with van der Waals surface area (Å²) in [4.78, 5) is 0.915. The minimum atomic E-state index is -5.52. The summed E-state index contributed by atoms with van der Waals surface area (Å²) < 4.78 is 72.4. The predicted octanol–water partition coefficient (Wildman–Crippen LogP) is 2.47. The van der Waals surface area contributed by atoms with Crippen LogP contribution in [0, 0.1) is 0 Å². The van der Waals surface area contributed by atoms with Gasteiger partial charge in [-0.2, -0.15) is 13.2 Å². The predicted molar refractivity (Wildman–Crippen MR) is 39.1 cm³/mol. The molecule has 0 N–H and O–H groups in total. The van der Waals surface area contributed by atoms with Crippen LogP contribution in [0.2, 0.25) is 0 Å². The zero-order valence-electron chi connectivity index (χ0n) is 7.71. The Morgan fingerprint density at radius 1 is 1.14 bits per heavy atom. The third-order valence-electron chi connectivity index (χ3n) is 1.68. The van der Waals surface area contributed by atoms with Gasteiger partial charge < -0.3 is 4.90 Å². The van der Waals surface area contributed by atoms with Crippen LogP contribution in [0.5, 0.6) is 0 Å². The highest BCUT2D eigenvalue weighted by molar-refractivity contribution is 4.84.